The van der Waals surface area contributed by atoms with Crippen LogP contribution in [0.3, 0.4) is 0 Å². The number of hydrogen-bond donors (Lipinski definition) is 1. The minimum Gasteiger partial charge on any atom is -0.477 e. The molecule has 0 bridgehead atoms. The van der Waals surface area contributed by atoms with Crippen LogP contribution >= 0.6 is 0 Å². The van der Waals surface area contributed by atoms with Crippen LogP contribution in [0.4, 0.5) is 0 Å². The lowest BCUT2D eigenvalue weighted by molar-refractivity contribution is -0.887. The zero-order valence-corrected chi connectivity index (χ0v) is 32.0. The molecule has 0 aliphatic carbocycles. The molecule has 0 rings (SSSR count). The van der Waals surface area contributed by atoms with Gasteiger partial charge >= 0.3 is 17.9 Å². The Hall–Kier alpha value is -1.93. The van der Waals surface area contributed by atoms with Crippen molar-refractivity contribution in [1.82, 2.24) is 0 Å². The summed E-state index contributed by atoms with van der Waals surface area (Å²) in [7, 11) is 5.52. The fraction of sp³-hybridized carbons (Fsp3) is 0.875. The first kappa shape index (κ1) is 46.1. The van der Waals surface area contributed by atoms with Crippen LogP contribution in [0.1, 0.15) is 174 Å². The largest absolute Gasteiger partial charge is 0.477 e. The predicted molar refractivity (Wildman–Crippen MR) is 197 cm³/mol. The minimum atomic E-state index is -0.876. The molecule has 0 amide bonds. The van der Waals surface area contributed by atoms with Crippen molar-refractivity contribution < 1.29 is 38.2 Å². The maximum Gasteiger partial charge on any atom is 0.362 e. The molecule has 8 heteroatoms. The molecule has 0 aliphatic rings. The van der Waals surface area contributed by atoms with Crippen LogP contribution in [0.15, 0.2) is 12.2 Å². The molecule has 0 saturated heterocycles. The molecule has 0 fully saturated rings. The second-order valence-corrected chi connectivity index (χ2v) is 14.5. The summed E-state index contributed by atoms with van der Waals surface area (Å²) in [5.41, 5.74) is 0. The Morgan fingerprint density at radius 3 is 1.52 bits per heavy atom. The van der Waals surface area contributed by atoms with Crippen molar-refractivity contribution in [2.24, 2.45) is 0 Å². The molecular weight excluding hydrogens is 606 g/mol. The minimum absolute atomic E-state index is 0.0539. The van der Waals surface area contributed by atoms with Crippen LogP contribution in [0, 0.1) is 0 Å². The summed E-state index contributed by atoms with van der Waals surface area (Å²) in [6, 6.07) is -0.610. The number of quaternary nitrogens is 1. The molecule has 0 spiro atoms. The lowest BCUT2D eigenvalue weighted by Crippen LogP contribution is -2.50. The summed E-state index contributed by atoms with van der Waals surface area (Å²) in [5, 5.41) is 9.57. The standard InChI is InChI=1S/C40H75NO7/c1-6-8-10-12-14-16-18-19-20-21-23-24-26-28-30-38(42)47-35-36(34-46-33-32-37(40(44)45)41(3,4)5)48-39(43)31-29-27-25-22-17-15-13-11-9-7-2/h20-21,36-37H,6-19,22-35H2,1-5H3/p+1/b21-20+. The Balaban J connectivity index is 4.40. The molecule has 282 valence electrons. The number of carbonyl (C=O) groups excluding carboxylic acids is 2. The first-order chi connectivity index (χ1) is 23.1. The average molecular weight is 683 g/mol. The number of unbranched alkanes of at least 4 members (excludes halogenated alkanes) is 19. The molecular formula is C40H76NO7+. The number of carboxylic acid groups (broad SMARTS) is 1. The van der Waals surface area contributed by atoms with Crippen molar-refractivity contribution in [2.75, 3.05) is 41.0 Å². The van der Waals surface area contributed by atoms with Crippen molar-refractivity contribution in [2.45, 2.75) is 187 Å². The van der Waals surface area contributed by atoms with E-state index in [4.69, 9.17) is 14.2 Å². The third-order valence-corrected chi connectivity index (χ3v) is 8.91. The predicted octanol–water partition coefficient (Wildman–Crippen LogP) is 9.97. The van der Waals surface area contributed by atoms with Crippen molar-refractivity contribution in [3.63, 3.8) is 0 Å². The van der Waals surface area contributed by atoms with Gasteiger partial charge in [-0.1, -0.05) is 129 Å². The highest BCUT2D eigenvalue weighted by Crippen LogP contribution is 2.14. The van der Waals surface area contributed by atoms with Gasteiger partial charge in [-0.2, -0.15) is 0 Å². The van der Waals surface area contributed by atoms with Crippen LogP contribution in [0.2, 0.25) is 0 Å². The lowest BCUT2D eigenvalue weighted by atomic mass is 10.1. The zero-order valence-electron chi connectivity index (χ0n) is 32.0. The van der Waals surface area contributed by atoms with Crippen molar-refractivity contribution in [3.8, 4) is 0 Å². The van der Waals surface area contributed by atoms with E-state index in [0.29, 0.717) is 19.3 Å². The third kappa shape index (κ3) is 30.2. The zero-order chi connectivity index (χ0) is 35.7. The maximum atomic E-state index is 12.6. The smallest absolute Gasteiger partial charge is 0.362 e. The molecule has 0 aliphatic heterocycles. The van der Waals surface area contributed by atoms with E-state index in [1.807, 2.05) is 21.1 Å². The number of carbonyl (C=O) groups is 3. The second-order valence-electron chi connectivity index (χ2n) is 14.5. The summed E-state index contributed by atoms with van der Waals surface area (Å²) in [6.45, 7) is 4.70. The van der Waals surface area contributed by atoms with Crippen LogP contribution in [0.5, 0.6) is 0 Å². The Morgan fingerprint density at radius 1 is 0.604 bits per heavy atom. The van der Waals surface area contributed by atoms with Gasteiger partial charge in [0.25, 0.3) is 0 Å². The number of nitrogens with zero attached hydrogens (tertiary/aromatic N) is 1. The van der Waals surface area contributed by atoms with Gasteiger partial charge in [0.05, 0.1) is 34.4 Å². The molecule has 1 N–H and O–H groups in total. The van der Waals surface area contributed by atoms with Gasteiger partial charge in [0.2, 0.25) is 0 Å². The highest BCUT2D eigenvalue weighted by Gasteiger charge is 2.31. The Kier molecular flexibility index (Phi) is 31.0. The molecule has 2 atom stereocenters. The number of ether oxygens (including phenoxy) is 3. The molecule has 0 aromatic rings. The summed E-state index contributed by atoms with van der Waals surface area (Å²) < 4.78 is 17.2. The monoisotopic (exact) mass is 683 g/mol. The summed E-state index contributed by atoms with van der Waals surface area (Å²) in [5.74, 6) is -1.48. The Bertz CT molecular complexity index is 808. The summed E-state index contributed by atoms with van der Waals surface area (Å²) in [6.07, 6.45) is 31.1. The molecule has 8 nitrogen and oxygen atoms in total. The van der Waals surface area contributed by atoms with Gasteiger partial charge in [0.1, 0.15) is 6.61 Å². The van der Waals surface area contributed by atoms with E-state index in [9.17, 15) is 19.5 Å². The number of allylic oxidation sites excluding steroid dienone is 2. The highest BCUT2D eigenvalue weighted by atomic mass is 16.6. The lowest BCUT2D eigenvalue weighted by Gasteiger charge is -2.31. The van der Waals surface area contributed by atoms with E-state index in [1.54, 1.807) is 0 Å². The van der Waals surface area contributed by atoms with Crippen molar-refractivity contribution in [1.29, 1.82) is 0 Å². The van der Waals surface area contributed by atoms with Crippen LogP contribution in [0.25, 0.3) is 0 Å². The van der Waals surface area contributed by atoms with E-state index < -0.39 is 18.1 Å². The van der Waals surface area contributed by atoms with E-state index in [1.165, 1.54) is 89.9 Å². The van der Waals surface area contributed by atoms with E-state index >= 15 is 0 Å². The SMILES string of the molecule is CCCCCCCCC/C=C/CCCCCC(=O)OCC(COCCC(C(=O)O)[N+](C)(C)C)OC(=O)CCCCCCCCCCCC. The molecule has 48 heavy (non-hydrogen) atoms. The topological polar surface area (TPSA) is 99.1 Å². The van der Waals surface area contributed by atoms with Gasteiger partial charge in [-0.05, 0) is 38.5 Å². The van der Waals surface area contributed by atoms with Gasteiger partial charge in [-0.3, -0.25) is 9.59 Å². The molecule has 0 aromatic carbocycles. The third-order valence-electron chi connectivity index (χ3n) is 8.91. The van der Waals surface area contributed by atoms with Gasteiger partial charge in [0.15, 0.2) is 12.1 Å². The van der Waals surface area contributed by atoms with Gasteiger partial charge < -0.3 is 23.8 Å². The number of rotatable bonds is 35. The number of carboxylic acids is 1. The molecule has 2 unspecified atom stereocenters. The number of likely N-dealkylation sites (N-methyl/N-ethyl adjacent to an activating group) is 1. The fourth-order valence-electron chi connectivity index (χ4n) is 5.79. The van der Waals surface area contributed by atoms with Crippen LogP contribution in [-0.2, 0) is 28.6 Å². The fourth-order valence-corrected chi connectivity index (χ4v) is 5.79. The Labute approximate surface area is 295 Å². The molecule has 0 heterocycles. The maximum absolute atomic E-state index is 12.6. The van der Waals surface area contributed by atoms with Crippen LogP contribution < -0.4 is 0 Å². The van der Waals surface area contributed by atoms with E-state index in [2.05, 4.69) is 26.0 Å². The van der Waals surface area contributed by atoms with Gasteiger partial charge in [-0.15, -0.1) is 0 Å². The average Bonchev–Trinajstić information content (AvgIpc) is 3.03. The highest BCUT2D eigenvalue weighted by molar-refractivity contribution is 5.72. The van der Waals surface area contributed by atoms with Crippen molar-refractivity contribution in [3.05, 3.63) is 12.2 Å². The molecule has 0 aromatic heterocycles. The molecule has 0 radical (unpaired) electrons. The number of esters is 2. The normalized spacial score (nSPS) is 13.1. The van der Waals surface area contributed by atoms with Gasteiger partial charge in [0, 0.05) is 19.3 Å². The first-order valence-corrected chi connectivity index (χ1v) is 19.7. The summed E-state index contributed by atoms with van der Waals surface area (Å²) in [4.78, 5) is 36.7. The number of aliphatic carboxylic acids is 1. The van der Waals surface area contributed by atoms with Gasteiger partial charge in [-0.25, -0.2) is 4.79 Å². The van der Waals surface area contributed by atoms with E-state index in [0.717, 1.165) is 51.4 Å². The number of hydrogen-bond acceptors (Lipinski definition) is 6. The second kappa shape index (κ2) is 32.3. The quantitative estimate of drug-likeness (QED) is 0.0307. The first-order valence-electron chi connectivity index (χ1n) is 19.7. The Morgan fingerprint density at radius 2 is 1.04 bits per heavy atom. The van der Waals surface area contributed by atoms with Crippen molar-refractivity contribution >= 4 is 17.9 Å². The molecule has 0 saturated carbocycles. The summed E-state index contributed by atoms with van der Waals surface area (Å²) >= 11 is 0. The van der Waals surface area contributed by atoms with E-state index in [-0.39, 0.29) is 36.2 Å². The van der Waals surface area contributed by atoms with Crippen LogP contribution in [-0.4, -0.2) is 80.6 Å².